The Bertz CT molecular complexity index is 436. The minimum absolute atomic E-state index is 0.203. The maximum atomic E-state index is 12.4. The number of carbonyl (C=O) groups excluding carboxylic acids is 1. The Hall–Kier alpha value is -0.830. The van der Waals surface area contributed by atoms with Crippen molar-refractivity contribution < 1.29 is 4.79 Å². The summed E-state index contributed by atoms with van der Waals surface area (Å²) in [5, 5.41) is 3.18. The van der Waals surface area contributed by atoms with Gasteiger partial charge in [-0.15, -0.1) is 0 Å². The van der Waals surface area contributed by atoms with Crippen molar-refractivity contribution >= 4 is 21.8 Å². The zero-order valence-corrected chi connectivity index (χ0v) is 12.6. The van der Waals surface area contributed by atoms with E-state index in [-0.39, 0.29) is 11.3 Å². The summed E-state index contributed by atoms with van der Waals surface area (Å²) in [6, 6.07) is 8.44. The summed E-state index contributed by atoms with van der Waals surface area (Å²) in [7, 11) is 0. The molecule has 1 fully saturated rings. The van der Waals surface area contributed by atoms with Crippen LogP contribution >= 0.6 is 15.9 Å². The first-order valence-corrected chi connectivity index (χ1v) is 7.48. The van der Waals surface area contributed by atoms with Crippen LogP contribution in [-0.2, 0) is 10.2 Å². The van der Waals surface area contributed by atoms with Crippen LogP contribution in [0.1, 0.15) is 45.1 Å². The van der Waals surface area contributed by atoms with E-state index in [2.05, 4.69) is 47.2 Å². The SMILES string of the molecule is CCC(CC)NC(=O)C1(c2cccc(Br)c2)CC1. The van der Waals surface area contributed by atoms with Crippen LogP contribution in [0.15, 0.2) is 28.7 Å². The summed E-state index contributed by atoms with van der Waals surface area (Å²) in [5.41, 5.74) is 0.882. The van der Waals surface area contributed by atoms with Crippen molar-refractivity contribution in [3.05, 3.63) is 34.3 Å². The van der Waals surface area contributed by atoms with E-state index in [9.17, 15) is 4.79 Å². The van der Waals surface area contributed by atoms with Crippen molar-refractivity contribution in [3.63, 3.8) is 0 Å². The number of carbonyl (C=O) groups is 1. The van der Waals surface area contributed by atoms with Gasteiger partial charge in [0.05, 0.1) is 5.41 Å². The summed E-state index contributed by atoms with van der Waals surface area (Å²) in [5.74, 6) is 0.203. The van der Waals surface area contributed by atoms with Gasteiger partial charge in [-0.3, -0.25) is 4.79 Å². The first-order valence-electron chi connectivity index (χ1n) is 6.69. The largest absolute Gasteiger partial charge is 0.353 e. The van der Waals surface area contributed by atoms with Crippen LogP contribution in [0.2, 0.25) is 0 Å². The number of hydrogen-bond acceptors (Lipinski definition) is 1. The third-order valence-corrected chi connectivity index (χ3v) is 4.38. The van der Waals surface area contributed by atoms with Gasteiger partial charge in [0.2, 0.25) is 5.91 Å². The number of halogens is 1. The average molecular weight is 310 g/mol. The molecule has 1 aliphatic rings. The molecule has 1 saturated carbocycles. The Morgan fingerprint density at radius 2 is 2.06 bits per heavy atom. The number of amides is 1. The van der Waals surface area contributed by atoms with Crippen LogP contribution in [0.3, 0.4) is 0 Å². The number of rotatable bonds is 5. The van der Waals surface area contributed by atoms with E-state index in [0.29, 0.717) is 6.04 Å². The van der Waals surface area contributed by atoms with Gasteiger partial charge >= 0.3 is 0 Å². The average Bonchev–Trinajstić information content (AvgIpc) is 3.17. The minimum Gasteiger partial charge on any atom is -0.353 e. The molecule has 3 heteroatoms. The van der Waals surface area contributed by atoms with Crippen molar-refractivity contribution in [3.8, 4) is 0 Å². The van der Waals surface area contributed by atoms with Crippen molar-refractivity contribution in [1.29, 1.82) is 0 Å². The zero-order chi connectivity index (χ0) is 13.2. The Morgan fingerprint density at radius 1 is 1.39 bits per heavy atom. The van der Waals surface area contributed by atoms with Gasteiger partial charge in [0, 0.05) is 10.5 Å². The van der Waals surface area contributed by atoms with Crippen LogP contribution in [0.5, 0.6) is 0 Å². The van der Waals surface area contributed by atoms with Crippen LogP contribution < -0.4 is 5.32 Å². The van der Waals surface area contributed by atoms with E-state index in [1.54, 1.807) is 0 Å². The third-order valence-electron chi connectivity index (χ3n) is 3.88. The van der Waals surface area contributed by atoms with Gasteiger partial charge in [0.1, 0.15) is 0 Å². The topological polar surface area (TPSA) is 29.1 Å². The van der Waals surface area contributed by atoms with Crippen molar-refractivity contribution in [2.75, 3.05) is 0 Å². The third kappa shape index (κ3) is 2.61. The number of nitrogens with one attached hydrogen (secondary N) is 1. The molecule has 0 unspecified atom stereocenters. The van der Waals surface area contributed by atoms with E-state index in [4.69, 9.17) is 0 Å². The molecule has 1 aliphatic carbocycles. The fourth-order valence-corrected chi connectivity index (χ4v) is 2.77. The molecule has 1 aromatic carbocycles. The Kier molecular flexibility index (Phi) is 4.10. The first-order chi connectivity index (χ1) is 8.62. The highest BCUT2D eigenvalue weighted by atomic mass is 79.9. The van der Waals surface area contributed by atoms with Gasteiger partial charge in [-0.2, -0.15) is 0 Å². The molecule has 0 atom stereocenters. The number of benzene rings is 1. The molecular formula is C15H20BrNO. The summed E-state index contributed by atoms with van der Waals surface area (Å²) < 4.78 is 1.04. The molecule has 1 aromatic rings. The molecule has 0 aliphatic heterocycles. The Morgan fingerprint density at radius 3 is 2.56 bits per heavy atom. The molecule has 18 heavy (non-hydrogen) atoms. The molecule has 0 saturated heterocycles. The van der Waals surface area contributed by atoms with Crippen molar-refractivity contribution in [1.82, 2.24) is 5.32 Å². The van der Waals surface area contributed by atoms with Crippen molar-refractivity contribution in [2.45, 2.75) is 51.0 Å². The number of hydrogen-bond donors (Lipinski definition) is 1. The van der Waals surface area contributed by atoms with Gasteiger partial charge < -0.3 is 5.32 Å². The molecule has 0 heterocycles. The summed E-state index contributed by atoms with van der Waals surface area (Å²) in [6.07, 6.45) is 3.93. The molecule has 1 N–H and O–H groups in total. The van der Waals surface area contributed by atoms with Crippen LogP contribution in [0, 0.1) is 0 Å². The van der Waals surface area contributed by atoms with Gasteiger partial charge in [-0.05, 0) is 43.4 Å². The Labute approximate surface area is 117 Å². The highest BCUT2D eigenvalue weighted by Gasteiger charge is 2.51. The second-order valence-corrected chi connectivity index (χ2v) is 6.00. The maximum absolute atomic E-state index is 12.4. The fourth-order valence-electron chi connectivity index (χ4n) is 2.37. The van der Waals surface area contributed by atoms with Gasteiger partial charge in [-0.1, -0.05) is 41.9 Å². The first kappa shape index (κ1) is 13.6. The molecule has 98 valence electrons. The van der Waals surface area contributed by atoms with Gasteiger partial charge in [0.25, 0.3) is 0 Å². The van der Waals surface area contributed by atoms with E-state index in [0.717, 1.165) is 35.7 Å². The van der Waals surface area contributed by atoms with E-state index < -0.39 is 0 Å². The van der Waals surface area contributed by atoms with E-state index in [1.165, 1.54) is 0 Å². The normalized spacial score (nSPS) is 16.7. The van der Waals surface area contributed by atoms with E-state index in [1.807, 2.05) is 12.1 Å². The van der Waals surface area contributed by atoms with Crippen LogP contribution in [0.25, 0.3) is 0 Å². The van der Waals surface area contributed by atoms with E-state index >= 15 is 0 Å². The van der Waals surface area contributed by atoms with Crippen molar-refractivity contribution in [2.24, 2.45) is 0 Å². The standard InChI is InChI=1S/C15H20BrNO/c1-3-13(4-2)17-14(18)15(8-9-15)11-6-5-7-12(16)10-11/h5-7,10,13H,3-4,8-9H2,1-2H3,(H,17,18). The molecule has 1 amide bonds. The van der Waals surface area contributed by atoms with Crippen LogP contribution in [0.4, 0.5) is 0 Å². The van der Waals surface area contributed by atoms with Gasteiger partial charge in [-0.25, -0.2) is 0 Å². The molecule has 0 radical (unpaired) electrons. The monoisotopic (exact) mass is 309 g/mol. The summed E-state index contributed by atoms with van der Waals surface area (Å²) >= 11 is 3.48. The molecular weight excluding hydrogens is 290 g/mol. The quantitative estimate of drug-likeness (QED) is 0.881. The van der Waals surface area contributed by atoms with Crippen LogP contribution in [-0.4, -0.2) is 11.9 Å². The molecule has 2 rings (SSSR count). The minimum atomic E-state index is -0.258. The summed E-state index contributed by atoms with van der Waals surface area (Å²) in [4.78, 5) is 12.4. The zero-order valence-electron chi connectivity index (χ0n) is 11.0. The lowest BCUT2D eigenvalue weighted by atomic mass is 9.94. The highest BCUT2D eigenvalue weighted by molar-refractivity contribution is 9.10. The second-order valence-electron chi connectivity index (χ2n) is 5.08. The smallest absolute Gasteiger partial charge is 0.230 e. The molecule has 0 bridgehead atoms. The predicted octanol–water partition coefficient (Wildman–Crippen LogP) is 3.79. The van der Waals surface area contributed by atoms with Gasteiger partial charge in [0.15, 0.2) is 0 Å². The Balaban J connectivity index is 2.14. The lowest BCUT2D eigenvalue weighted by Gasteiger charge is -2.21. The highest BCUT2D eigenvalue weighted by Crippen LogP contribution is 2.49. The molecule has 0 spiro atoms. The second kappa shape index (κ2) is 5.43. The summed E-state index contributed by atoms with van der Waals surface area (Å²) in [6.45, 7) is 4.24. The lowest BCUT2D eigenvalue weighted by molar-refractivity contribution is -0.124. The lowest BCUT2D eigenvalue weighted by Crippen LogP contribution is -2.41. The maximum Gasteiger partial charge on any atom is 0.230 e. The molecule has 2 nitrogen and oxygen atoms in total. The molecule has 0 aromatic heterocycles. The predicted molar refractivity (Wildman–Crippen MR) is 77.6 cm³/mol. The fraction of sp³-hybridized carbons (Fsp3) is 0.533.